The van der Waals surface area contributed by atoms with E-state index >= 15 is 0 Å². The molecule has 0 amide bonds. The van der Waals surface area contributed by atoms with Gasteiger partial charge in [0.1, 0.15) is 5.76 Å². The van der Waals surface area contributed by atoms with Gasteiger partial charge in [0.15, 0.2) is 0 Å². The van der Waals surface area contributed by atoms with Crippen LogP contribution in [0.1, 0.15) is 26.5 Å². The summed E-state index contributed by atoms with van der Waals surface area (Å²) < 4.78 is 4.68. The molecule has 58 valence electrons. The van der Waals surface area contributed by atoms with Crippen LogP contribution in [-0.4, -0.2) is 5.16 Å². The van der Waals surface area contributed by atoms with Crippen molar-refractivity contribution in [3.8, 4) is 0 Å². The summed E-state index contributed by atoms with van der Waals surface area (Å²) >= 11 is 0. The zero-order valence-corrected chi connectivity index (χ0v) is 6.60. The average molecular weight is 143 g/mol. The number of hydrogen-bond acceptors (Lipinski definition) is 2. The molecule has 0 saturated heterocycles. The maximum atomic E-state index is 10.3. The van der Waals surface area contributed by atoms with Crippen molar-refractivity contribution < 1.29 is 4.52 Å². The quantitative estimate of drug-likeness (QED) is 0.648. The molecular weight excluding hydrogens is 130 g/mol. The molecule has 0 saturated carbocycles. The van der Waals surface area contributed by atoms with Gasteiger partial charge in [-0.25, -0.2) is 0 Å². The molecule has 0 atom stereocenters. The third-order valence-electron chi connectivity index (χ3n) is 0.923. The first kappa shape index (κ1) is 9.01. The van der Waals surface area contributed by atoms with Gasteiger partial charge in [0.2, 0.25) is 0 Å². The molecule has 0 bridgehead atoms. The molecule has 1 aromatic rings. The monoisotopic (exact) mass is 143 g/mol. The van der Waals surface area contributed by atoms with Crippen molar-refractivity contribution in [2.24, 2.45) is 0 Å². The fraction of sp³-hybridized carbons (Fsp3) is 0.571. The Balaban J connectivity index is 0.000000371. The highest BCUT2D eigenvalue weighted by Crippen LogP contribution is 1.90. The van der Waals surface area contributed by atoms with Crippen molar-refractivity contribution in [1.29, 1.82) is 0 Å². The zero-order chi connectivity index (χ0) is 7.98. The Morgan fingerprint density at radius 1 is 1.60 bits per heavy atom. The van der Waals surface area contributed by atoms with Crippen LogP contribution in [0.25, 0.3) is 0 Å². The van der Waals surface area contributed by atoms with E-state index < -0.39 is 0 Å². The second-order valence-corrected chi connectivity index (χ2v) is 1.53. The lowest BCUT2D eigenvalue weighted by atomic mass is 10.4. The first-order chi connectivity index (χ1) is 4.83. The molecule has 10 heavy (non-hydrogen) atoms. The molecule has 0 unspecified atom stereocenters. The number of nitrogens with one attached hydrogen (secondary N) is 1. The van der Waals surface area contributed by atoms with Crippen molar-refractivity contribution in [3.05, 3.63) is 22.2 Å². The summed E-state index contributed by atoms with van der Waals surface area (Å²) in [5.41, 5.74) is -0.165. The Morgan fingerprint density at radius 2 is 2.20 bits per heavy atom. The molecule has 0 fully saturated rings. The third kappa shape index (κ3) is 2.53. The average Bonchev–Trinajstić information content (AvgIpc) is 2.40. The molecule has 3 heteroatoms. The summed E-state index contributed by atoms with van der Waals surface area (Å²) in [6, 6.07) is 1.44. The molecule has 1 rings (SSSR count). The predicted molar refractivity (Wildman–Crippen MR) is 40.1 cm³/mol. The van der Waals surface area contributed by atoms with Crippen LogP contribution in [-0.2, 0) is 6.42 Å². The number of H-pyrrole nitrogens is 1. The fourth-order valence-corrected chi connectivity index (χ4v) is 0.495. The second-order valence-electron chi connectivity index (χ2n) is 1.53. The minimum atomic E-state index is -0.165. The second kappa shape index (κ2) is 4.85. The first-order valence-corrected chi connectivity index (χ1v) is 3.50. The van der Waals surface area contributed by atoms with Gasteiger partial charge >= 0.3 is 0 Å². The summed E-state index contributed by atoms with van der Waals surface area (Å²) in [6.07, 6.45) is 0.763. The van der Waals surface area contributed by atoms with Crippen LogP contribution in [0.5, 0.6) is 0 Å². The first-order valence-electron chi connectivity index (χ1n) is 3.50. The number of hydrogen-bond donors (Lipinski definition) is 1. The summed E-state index contributed by atoms with van der Waals surface area (Å²) in [5, 5.41) is 2.19. The smallest absolute Gasteiger partial charge is 0.280 e. The Kier molecular flexibility index (Phi) is 4.37. The molecule has 0 aliphatic heterocycles. The van der Waals surface area contributed by atoms with Crippen molar-refractivity contribution in [2.45, 2.75) is 27.2 Å². The van der Waals surface area contributed by atoms with Gasteiger partial charge in [-0.3, -0.25) is 4.79 Å². The summed E-state index contributed by atoms with van der Waals surface area (Å²) in [7, 11) is 0. The Labute approximate surface area is 60.0 Å². The molecule has 1 aromatic heterocycles. The van der Waals surface area contributed by atoms with Crippen LogP contribution in [0.4, 0.5) is 0 Å². The van der Waals surface area contributed by atoms with Crippen molar-refractivity contribution in [2.75, 3.05) is 0 Å². The lowest BCUT2D eigenvalue weighted by Gasteiger charge is -1.77. The van der Waals surface area contributed by atoms with Gasteiger partial charge in [0, 0.05) is 12.5 Å². The van der Waals surface area contributed by atoms with E-state index in [-0.39, 0.29) is 5.56 Å². The number of rotatable bonds is 1. The molecule has 0 aliphatic rings. The van der Waals surface area contributed by atoms with E-state index in [1.54, 1.807) is 0 Å². The van der Waals surface area contributed by atoms with Crippen molar-refractivity contribution in [3.63, 3.8) is 0 Å². The Morgan fingerprint density at radius 3 is 2.40 bits per heavy atom. The molecule has 3 nitrogen and oxygen atoms in total. The Hall–Kier alpha value is -0.990. The van der Waals surface area contributed by atoms with E-state index in [0.717, 1.165) is 6.42 Å². The fourth-order valence-electron chi connectivity index (χ4n) is 0.495. The highest BCUT2D eigenvalue weighted by atomic mass is 16.5. The van der Waals surface area contributed by atoms with Gasteiger partial charge in [-0.2, -0.15) is 5.16 Å². The van der Waals surface area contributed by atoms with E-state index in [0.29, 0.717) is 5.76 Å². The highest BCUT2D eigenvalue weighted by molar-refractivity contribution is 4.91. The molecule has 1 heterocycles. The maximum absolute atomic E-state index is 10.3. The minimum Gasteiger partial charge on any atom is -0.384 e. The molecule has 1 N–H and O–H groups in total. The zero-order valence-electron chi connectivity index (χ0n) is 6.60. The Bertz CT molecular complexity index is 211. The van der Waals surface area contributed by atoms with Crippen LogP contribution < -0.4 is 5.56 Å². The maximum Gasteiger partial charge on any atom is 0.280 e. The van der Waals surface area contributed by atoms with Crippen LogP contribution in [0.3, 0.4) is 0 Å². The van der Waals surface area contributed by atoms with Gasteiger partial charge in [0.25, 0.3) is 5.56 Å². The van der Waals surface area contributed by atoms with Gasteiger partial charge in [-0.05, 0) is 0 Å². The largest absolute Gasteiger partial charge is 0.384 e. The van der Waals surface area contributed by atoms with Gasteiger partial charge in [0.05, 0.1) is 0 Å². The summed E-state index contributed by atoms with van der Waals surface area (Å²) in [4.78, 5) is 10.3. The SMILES string of the molecule is CC.CCc1cc(=O)[nH]o1. The molecule has 0 radical (unpaired) electrons. The van der Waals surface area contributed by atoms with E-state index in [2.05, 4.69) is 9.68 Å². The van der Waals surface area contributed by atoms with Gasteiger partial charge in [-0.1, -0.05) is 20.8 Å². The van der Waals surface area contributed by atoms with Gasteiger partial charge < -0.3 is 4.52 Å². The van der Waals surface area contributed by atoms with Gasteiger partial charge in [-0.15, -0.1) is 0 Å². The summed E-state index contributed by atoms with van der Waals surface area (Å²) in [6.45, 7) is 5.92. The summed E-state index contributed by atoms with van der Waals surface area (Å²) in [5.74, 6) is 0.704. The highest BCUT2D eigenvalue weighted by Gasteiger charge is 1.91. The molecule has 0 aliphatic carbocycles. The molecular formula is C7H13NO2. The van der Waals surface area contributed by atoms with Crippen LogP contribution >= 0.6 is 0 Å². The molecule has 0 spiro atoms. The third-order valence-corrected chi connectivity index (χ3v) is 0.923. The number of aromatic nitrogens is 1. The predicted octanol–water partition coefficient (Wildman–Crippen LogP) is 1.56. The number of aryl methyl sites for hydroxylation is 1. The molecule has 0 aromatic carbocycles. The van der Waals surface area contributed by atoms with E-state index in [1.165, 1.54) is 6.07 Å². The van der Waals surface area contributed by atoms with Crippen LogP contribution in [0.2, 0.25) is 0 Å². The van der Waals surface area contributed by atoms with E-state index in [1.807, 2.05) is 20.8 Å². The van der Waals surface area contributed by atoms with Crippen LogP contribution in [0.15, 0.2) is 15.4 Å². The number of aromatic amines is 1. The lowest BCUT2D eigenvalue weighted by Crippen LogP contribution is -1.92. The van der Waals surface area contributed by atoms with Crippen molar-refractivity contribution in [1.82, 2.24) is 5.16 Å². The topological polar surface area (TPSA) is 46.0 Å². The van der Waals surface area contributed by atoms with E-state index in [4.69, 9.17) is 0 Å². The van der Waals surface area contributed by atoms with Crippen LogP contribution in [0, 0.1) is 0 Å². The van der Waals surface area contributed by atoms with E-state index in [9.17, 15) is 4.79 Å². The minimum absolute atomic E-state index is 0.165. The normalized spacial score (nSPS) is 8.30. The lowest BCUT2D eigenvalue weighted by molar-refractivity contribution is 0.382. The standard InChI is InChI=1S/C5H7NO2.C2H6/c1-2-4-3-5(7)6-8-4;1-2/h3H,2H2,1H3,(H,6,7);1-2H3. The van der Waals surface area contributed by atoms with Crippen molar-refractivity contribution >= 4 is 0 Å².